The number of ketones is 1. The van der Waals surface area contributed by atoms with Gasteiger partial charge in [0, 0.05) is 32.1 Å². The summed E-state index contributed by atoms with van der Waals surface area (Å²) in [4.78, 5) is 11.5. The number of hydrogen-bond acceptors (Lipinski definition) is 2. The van der Waals surface area contributed by atoms with Gasteiger partial charge in [0.15, 0.2) is 0 Å². The summed E-state index contributed by atoms with van der Waals surface area (Å²) in [5, 5.41) is 0. The summed E-state index contributed by atoms with van der Waals surface area (Å²) in [6.45, 7) is 3.06. The molecule has 0 bridgehead atoms. The van der Waals surface area contributed by atoms with E-state index in [0.29, 0.717) is 31.6 Å². The van der Waals surface area contributed by atoms with E-state index in [1.807, 2.05) is 6.92 Å². The minimum Gasteiger partial charge on any atom is -0.382 e. The Balaban J connectivity index is 2.39. The number of carbonyl (C=O) groups excluding carboxylic acids is 1. The van der Waals surface area contributed by atoms with Crippen LogP contribution in [0.1, 0.15) is 25.3 Å². The molecular formula is C13H16F2O2. The van der Waals surface area contributed by atoms with Gasteiger partial charge in [-0.3, -0.25) is 4.79 Å². The highest BCUT2D eigenvalue weighted by Gasteiger charge is 2.06. The Morgan fingerprint density at radius 2 is 1.88 bits per heavy atom. The highest BCUT2D eigenvalue weighted by Crippen LogP contribution is 2.10. The monoisotopic (exact) mass is 242 g/mol. The summed E-state index contributed by atoms with van der Waals surface area (Å²) < 4.78 is 30.8. The standard InChI is InChI=1S/C13H16F2O2/c1-2-17-5-3-4-13(16)8-10-6-11(14)9-12(15)7-10/h6-7,9H,2-5,8H2,1H3. The molecule has 94 valence electrons. The van der Waals surface area contributed by atoms with E-state index in [-0.39, 0.29) is 12.2 Å². The van der Waals surface area contributed by atoms with Gasteiger partial charge in [-0.05, 0) is 31.0 Å². The van der Waals surface area contributed by atoms with Crippen LogP contribution >= 0.6 is 0 Å². The quantitative estimate of drug-likeness (QED) is 0.687. The van der Waals surface area contributed by atoms with Crippen molar-refractivity contribution in [2.45, 2.75) is 26.2 Å². The molecule has 0 saturated carbocycles. The minimum absolute atomic E-state index is 0.0327. The molecule has 2 nitrogen and oxygen atoms in total. The molecule has 17 heavy (non-hydrogen) atoms. The maximum absolute atomic E-state index is 12.9. The second-order valence-corrected chi connectivity index (χ2v) is 3.79. The molecule has 0 heterocycles. The zero-order valence-corrected chi connectivity index (χ0v) is 9.84. The van der Waals surface area contributed by atoms with Gasteiger partial charge in [-0.25, -0.2) is 8.78 Å². The smallest absolute Gasteiger partial charge is 0.137 e. The van der Waals surface area contributed by atoms with Crippen LogP contribution in [-0.4, -0.2) is 19.0 Å². The Hall–Kier alpha value is -1.29. The molecule has 0 fully saturated rings. The van der Waals surface area contributed by atoms with Crippen LogP contribution in [0.4, 0.5) is 8.78 Å². The van der Waals surface area contributed by atoms with Crippen molar-refractivity contribution in [2.75, 3.05) is 13.2 Å². The Morgan fingerprint density at radius 1 is 1.24 bits per heavy atom. The van der Waals surface area contributed by atoms with E-state index < -0.39 is 11.6 Å². The fourth-order valence-electron chi connectivity index (χ4n) is 1.54. The third-order valence-corrected chi connectivity index (χ3v) is 2.27. The molecular weight excluding hydrogens is 226 g/mol. The average Bonchev–Trinajstić information content (AvgIpc) is 2.23. The second kappa shape index (κ2) is 7.12. The van der Waals surface area contributed by atoms with E-state index in [1.54, 1.807) is 0 Å². The van der Waals surface area contributed by atoms with E-state index >= 15 is 0 Å². The number of hydrogen-bond donors (Lipinski definition) is 0. The van der Waals surface area contributed by atoms with Crippen LogP contribution < -0.4 is 0 Å². The lowest BCUT2D eigenvalue weighted by molar-refractivity contribution is -0.118. The van der Waals surface area contributed by atoms with Gasteiger partial charge in [0.1, 0.15) is 17.4 Å². The van der Waals surface area contributed by atoms with E-state index in [0.717, 1.165) is 6.07 Å². The van der Waals surface area contributed by atoms with Gasteiger partial charge >= 0.3 is 0 Å². The molecule has 0 radical (unpaired) electrons. The first-order valence-electron chi connectivity index (χ1n) is 5.66. The maximum Gasteiger partial charge on any atom is 0.137 e. The first kappa shape index (κ1) is 13.8. The molecule has 0 aliphatic carbocycles. The van der Waals surface area contributed by atoms with Crippen LogP contribution in [-0.2, 0) is 16.0 Å². The fraction of sp³-hybridized carbons (Fsp3) is 0.462. The molecule has 0 aliphatic rings. The topological polar surface area (TPSA) is 26.3 Å². The van der Waals surface area contributed by atoms with Crippen molar-refractivity contribution in [1.82, 2.24) is 0 Å². The van der Waals surface area contributed by atoms with E-state index in [4.69, 9.17) is 4.74 Å². The van der Waals surface area contributed by atoms with Crippen LogP contribution in [0.3, 0.4) is 0 Å². The lowest BCUT2D eigenvalue weighted by Crippen LogP contribution is -2.05. The molecule has 0 saturated heterocycles. The van der Waals surface area contributed by atoms with E-state index in [9.17, 15) is 13.6 Å². The zero-order valence-electron chi connectivity index (χ0n) is 9.84. The largest absolute Gasteiger partial charge is 0.382 e. The van der Waals surface area contributed by atoms with E-state index in [2.05, 4.69) is 0 Å². The number of Topliss-reactive ketones (excluding diaryl/α,β-unsaturated/α-hetero) is 1. The first-order valence-corrected chi connectivity index (χ1v) is 5.66. The Labute approximate surface area is 99.6 Å². The van der Waals surface area contributed by atoms with Crippen LogP contribution in [0.15, 0.2) is 18.2 Å². The Morgan fingerprint density at radius 3 is 2.47 bits per heavy atom. The number of carbonyl (C=O) groups is 1. The third-order valence-electron chi connectivity index (χ3n) is 2.27. The number of benzene rings is 1. The Bertz CT molecular complexity index is 357. The van der Waals surface area contributed by atoms with Gasteiger partial charge in [0.2, 0.25) is 0 Å². The van der Waals surface area contributed by atoms with Gasteiger partial charge in [-0.15, -0.1) is 0 Å². The predicted octanol–water partition coefficient (Wildman–Crippen LogP) is 2.89. The van der Waals surface area contributed by atoms with Crippen molar-refractivity contribution in [3.8, 4) is 0 Å². The number of halogens is 2. The normalized spacial score (nSPS) is 10.5. The molecule has 1 aromatic carbocycles. The average molecular weight is 242 g/mol. The zero-order chi connectivity index (χ0) is 12.7. The highest BCUT2D eigenvalue weighted by molar-refractivity contribution is 5.80. The SMILES string of the molecule is CCOCCCC(=O)Cc1cc(F)cc(F)c1. The fourth-order valence-corrected chi connectivity index (χ4v) is 1.54. The summed E-state index contributed by atoms with van der Waals surface area (Å²) in [7, 11) is 0. The lowest BCUT2D eigenvalue weighted by atomic mass is 10.1. The molecule has 0 amide bonds. The van der Waals surface area contributed by atoms with Crippen molar-refractivity contribution in [3.05, 3.63) is 35.4 Å². The number of ether oxygens (including phenoxy) is 1. The van der Waals surface area contributed by atoms with Crippen LogP contribution in [0, 0.1) is 11.6 Å². The van der Waals surface area contributed by atoms with Gasteiger partial charge in [0.05, 0.1) is 0 Å². The second-order valence-electron chi connectivity index (χ2n) is 3.79. The molecule has 1 rings (SSSR count). The van der Waals surface area contributed by atoms with Crippen LogP contribution in [0.5, 0.6) is 0 Å². The van der Waals surface area contributed by atoms with Gasteiger partial charge in [0.25, 0.3) is 0 Å². The van der Waals surface area contributed by atoms with Gasteiger partial charge < -0.3 is 4.74 Å². The Kier molecular flexibility index (Phi) is 5.77. The molecule has 0 spiro atoms. The molecule has 4 heteroatoms. The van der Waals surface area contributed by atoms with Gasteiger partial charge in [-0.1, -0.05) is 0 Å². The molecule has 0 N–H and O–H groups in total. The van der Waals surface area contributed by atoms with Crippen molar-refractivity contribution in [1.29, 1.82) is 0 Å². The summed E-state index contributed by atoms with van der Waals surface area (Å²) in [6.07, 6.45) is 1.09. The molecule has 0 aliphatic heterocycles. The predicted molar refractivity (Wildman–Crippen MR) is 60.8 cm³/mol. The lowest BCUT2D eigenvalue weighted by Gasteiger charge is -2.03. The van der Waals surface area contributed by atoms with Crippen molar-refractivity contribution >= 4 is 5.78 Å². The van der Waals surface area contributed by atoms with Crippen LogP contribution in [0.2, 0.25) is 0 Å². The molecule has 0 aromatic heterocycles. The summed E-state index contributed by atoms with van der Waals surface area (Å²) in [5.74, 6) is -1.33. The van der Waals surface area contributed by atoms with Crippen molar-refractivity contribution in [3.63, 3.8) is 0 Å². The van der Waals surface area contributed by atoms with E-state index in [1.165, 1.54) is 12.1 Å². The summed E-state index contributed by atoms with van der Waals surface area (Å²) in [5.41, 5.74) is 0.379. The number of rotatable bonds is 7. The molecule has 0 unspecified atom stereocenters. The van der Waals surface area contributed by atoms with Crippen LogP contribution in [0.25, 0.3) is 0 Å². The van der Waals surface area contributed by atoms with Crippen molar-refractivity contribution in [2.24, 2.45) is 0 Å². The van der Waals surface area contributed by atoms with Gasteiger partial charge in [-0.2, -0.15) is 0 Å². The first-order chi connectivity index (χ1) is 8.11. The summed E-state index contributed by atoms with van der Waals surface area (Å²) in [6, 6.07) is 3.16. The molecule has 0 atom stereocenters. The van der Waals surface area contributed by atoms with Crippen molar-refractivity contribution < 1.29 is 18.3 Å². The molecule has 1 aromatic rings. The third kappa shape index (κ3) is 5.54. The minimum atomic E-state index is -0.651. The maximum atomic E-state index is 12.9. The summed E-state index contributed by atoms with van der Waals surface area (Å²) >= 11 is 0. The highest BCUT2D eigenvalue weighted by atomic mass is 19.1.